The highest BCUT2D eigenvalue weighted by Gasteiger charge is 2.35. The van der Waals surface area contributed by atoms with Crippen LogP contribution in [-0.4, -0.2) is 26.1 Å². The second-order valence-electron chi connectivity index (χ2n) is 7.13. The predicted octanol–water partition coefficient (Wildman–Crippen LogP) is 5.52. The highest BCUT2D eigenvalue weighted by molar-refractivity contribution is 5.91. The molecule has 32 heavy (non-hydrogen) atoms. The zero-order valence-electron chi connectivity index (χ0n) is 17.0. The molecule has 0 unspecified atom stereocenters. The third-order valence-electron chi connectivity index (χ3n) is 4.68. The number of carbonyl (C=O) groups excluding carboxylic acids is 1. The molecule has 2 heterocycles. The van der Waals surface area contributed by atoms with Gasteiger partial charge in [-0.1, -0.05) is 19.1 Å². The van der Waals surface area contributed by atoms with Crippen LogP contribution in [0.3, 0.4) is 0 Å². The van der Waals surface area contributed by atoms with Gasteiger partial charge in [0.2, 0.25) is 5.91 Å². The largest absolute Gasteiger partial charge is 0.421 e. The van der Waals surface area contributed by atoms with Gasteiger partial charge in [-0.05, 0) is 36.8 Å². The fraction of sp³-hybridized carbons (Fsp3) is 0.182. The average molecular weight is 440 g/mol. The number of H-pyrrole nitrogens is 1. The summed E-state index contributed by atoms with van der Waals surface area (Å²) in [6.07, 6.45) is -1.24. The number of fused-ring (bicyclic) bond motifs is 1. The van der Waals surface area contributed by atoms with Gasteiger partial charge in [-0.2, -0.15) is 18.3 Å². The number of nitrogens with one attached hydrogen (secondary N) is 3. The number of benzene rings is 2. The Morgan fingerprint density at radius 2 is 1.94 bits per heavy atom. The van der Waals surface area contributed by atoms with Gasteiger partial charge >= 0.3 is 6.18 Å². The second kappa shape index (κ2) is 8.66. The molecule has 4 aromatic rings. The summed E-state index contributed by atoms with van der Waals surface area (Å²) in [5.41, 5.74) is 1.19. The van der Waals surface area contributed by atoms with Crippen molar-refractivity contribution in [3.8, 4) is 11.4 Å². The second-order valence-corrected chi connectivity index (χ2v) is 7.13. The Kier molecular flexibility index (Phi) is 5.76. The topological polar surface area (TPSA) is 95.6 Å². The van der Waals surface area contributed by atoms with Gasteiger partial charge in [-0.25, -0.2) is 9.97 Å². The van der Waals surface area contributed by atoms with E-state index < -0.39 is 11.7 Å². The molecule has 0 aliphatic heterocycles. The maximum Gasteiger partial charge on any atom is 0.421 e. The number of carbonyl (C=O) groups is 1. The number of aromatic nitrogens is 4. The highest BCUT2D eigenvalue weighted by Crippen LogP contribution is 2.36. The van der Waals surface area contributed by atoms with E-state index in [9.17, 15) is 18.0 Å². The Labute approximate surface area is 181 Å². The quantitative estimate of drug-likeness (QED) is 0.367. The number of alkyl halides is 3. The lowest BCUT2D eigenvalue weighted by Crippen LogP contribution is -2.12. The molecular weight excluding hydrogens is 421 g/mol. The summed E-state index contributed by atoms with van der Waals surface area (Å²) >= 11 is 0. The zero-order chi connectivity index (χ0) is 22.7. The molecule has 0 radical (unpaired) electrons. The van der Waals surface area contributed by atoms with Crippen LogP contribution in [0.15, 0.2) is 54.9 Å². The van der Waals surface area contributed by atoms with Crippen molar-refractivity contribution in [3.05, 3.63) is 60.4 Å². The van der Waals surface area contributed by atoms with Gasteiger partial charge in [0.25, 0.3) is 0 Å². The summed E-state index contributed by atoms with van der Waals surface area (Å²) in [6, 6.07) is 11.7. The van der Waals surface area contributed by atoms with Crippen molar-refractivity contribution in [2.24, 2.45) is 0 Å². The van der Waals surface area contributed by atoms with Crippen molar-refractivity contribution < 1.29 is 18.0 Å². The van der Waals surface area contributed by atoms with E-state index in [4.69, 9.17) is 0 Å². The molecule has 7 nitrogen and oxygen atoms in total. The van der Waals surface area contributed by atoms with Gasteiger partial charge in [-0.3, -0.25) is 9.89 Å². The third kappa shape index (κ3) is 4.69. The summed E-state index contributed by atoms with van der Waals surface area (Å²) in [5.74, 6) is -0.419. The molecule has 0 aliphatic carbocycles. The summed E-state index contributed by atoms with van der Waals surface area (Å²) in [7, 11) is 0. The van der Waals surface area contributed by atoms with Crippen LogP contribution < -0.4 is 10.6 Å². The van der Waals surface area contributed by atoms with E-state index in [0.717, 1.165) is 17.1 Å². The van der Waals surface area contributed by atoms with E-state index in [-0.39, 0.29) is 17.5 Å². The number of aromatic amines is 1. The Morgan fingerprint density at radius 1 is 1.09 bits per heavy atom. The van der Waals surface area contributed by atoms with Crippen LogP contribution >= 0.6 is 0 Å². The average Bonchev–Trinajstić information content (AvgIpc) is 3.21. The molecule has 0 saturated heterocycles. The van der Waals surface area contributed by atoms with Crippen molar-refractivity contribution in [3.63, 3.8) is 0 Å². The van der Waals surface area contributed by atoms with E-state index >= 15 is 0 Å². The molecule has 10 heteroatoms. The van der Waals surface area contributed by atoms with Crippen LogP contribution in [0, 0.1) is 0 Å². The van der Waals surface area contributed by atoms with Gasteiger partial charge in [-0.15, -0.1) is 0 Å². The van der Waals surface area contributed by atoms with Crippen LogP contribution in [-0.2, 0) is 11.0 Å². The number of hydrogen-bond donors (Lipinski definition) is 3. The molecule has 164 valence electrons. The van der Waals surface area contributed by atoms with E-state index in [1.807, 2.05) is 6.92 Å². The minimum absolute atomic E-state index is 0.0940. The van der Waals surface area contributed by atoms with Crippen molar-refractivity contribution >= 4 is 34.0 Å². The summed E-state index contributed by atoms with van der Waals surface area (Å²) < 4.78 is 40.8. The first-order chi connectivity index (χ1) is 15.3. The van der Waals surface area contributed by atoms with Crippen molar-refractivity contribution in [2.75, 3.05) is 10.6 Å². The van der Waals surface area contributed by atoms with Gasteiger partial charge in [0.15, 0.2) is 5.82 Å². The maximum atomic E-state index is 13.6. The van der Waals surface area contributed by atoms with Gasteiger partial charge < -0.3 is 10.6 Å². The lowest BCUT2D eigenvalue weighted by Gasteiger charge is -2.15. The molecule has 0 spiro atoms. The Hall–Kier alpha value is -3.95. The van der Waals surface area contributed by atoms with Crippen LogP contribution in [0.25, 0.3) is 22.3 Å². The molecule has 0 bridgehead atoms. The van der Waals surface area contributed by atoms with E-state index in [0.29, 0.717) is 29.8 Å². The number of anilines is 3. The Morgan fingerprint density at radius 3 is 2.72 bits per heavy atom. The summed E-state index contributed by atoms with van der Waals surface area (Å²) in [4.78, 5) is 19.9. The number of nitrogens with zero attached hydrogens (tertiary/aromatic N) is 3. The normalized spacial score (nSPS) is 11.5. The monoisotopic (exact) mass is 440 g/mol. The molecule has 2 aromatic heterocycles. The minimum Gasteiger partial charge on any atom is -0.340 e. The third-order valence-corrected chi connectivity index (χ3v) is 4.68. The predicted molar refractivity (Wildman–Crippen MR) is 115 cm³/mol. The summed E-state index contributed by atoms with van der Waals surface area (Å²) in [6.45, 7) is 1.89. The highest BCUT2D eigenvalue weighted by atomic mass is 19.4. The number of amides is 1. The van der Waals surface area contributed by atoms with Crippen molar-refractivity contribution in [1.29, 1.82) is 0 Å². The fourth-order valence-corrected chi connectivity index (χ4v) is 3.17. The number of rotatable bonds is 6. The van der Waals surface area contributed by atoms with Crippen molar-refractivity contribution in [1.82, 2.24) is 20.2 Å². The van der Waals surface area contributed by atoms with E-state index in [1.54, 1.807) is 48.7 Å². The number of halogens is 3. The molecule has 0 saturated carbocycles. The van der Waals surface area contributed by atoms with Crippen LogP contribution in [0.5, 0.6) is 0 Å². The molecule has 0 aliphatic rings. The lowest BCUT2D eigenvalue weighted by molar-refractivity contribution is -0.137. The Bertz CT molecular complexity index is 1270. The first-order valence-corrected chi connectivity index (χ1v) is 9.88. The molecule has 1 amide bonds. The van der Waals surface area contributed by atoms with E-state index in [2.05, 4.69) is 30.8 Å². The zero-order valence-corrected chi connectivity index (χ0v) is 17.0. The lowest BCUT2D eigenvalue weighted by atomic mass is 10.1. The van der Waals surface area contributed by atoms with Crippen LogP contribution in [0.2, 0.25) is 0 Å². The smallest absolute Gasteiger partial charge is 0.340 e. The number of hydrogen-bond acceptors (Lipinski definition) is 5. The first kappa shape index (κ1) is 21.3. The van der Waals surface area contributed by atoms with Crippen molar-refractivity contribution in [2.45, 2.75) is 25.9 Å². The van der Waals surface area contributed by atoms with Gasteiger partial charge in [0.1, 0.15) is 11.4 Å². The Balaban J connectivity index is 1.69. The van der Waals surface area contributed by atoms with Gasteiger partial charge in [0.05, 0.1) is 11.7 Å². The molecule has 0 atom stereocenters. The molecule has 3 N–H and O–H groups in total. The van der Waals surface area contributed by atoms with Gasteiger partial charge in [0, 0.05) is 34.9 Å². The molecular formula is C22H19F3N6O. The first-order valence-electron chi connectivity index (χ1n) is 9.88. The standard InChI is InChI=1S/C22H19F3N6O/c1-2-4-19(32)28-15-6-3-5-13(9-15)20-26-12-17(22(23,24)25)21(30-20)29-16-7-8-18-14(10-16)11-27-31-18/h3,5-12H,2,4H2,1H3,(H,27,31)(H,28,32)(H,26,29,30). The molecule has 2 aromatic carbocycles. The fourth-order valence-electron chi connectivity index (χ4n) is 3.17. The van der Waals surface area contributed by atoms with Crippen LogP contribution in [0.4, 0.5) is 30.4 Å². The van der Waals surface area contributed by atoms with E-state index in [1.165, 1.54) is 0 Å². The van der Waals surface area contributed by atoms with Crippen LogP contribution in [0.1, 0.15) is 25.3 Å². The SMILES string of the molecule is CCCC(=O)Nc1cccc(-c2ncc(C(F)(F)F)c(Nc3ccc4[nH]ncc4c3)n2)c1. The maximum absolute atomic E-state index is 13.6. The summed E-state index contributed by atoms with van der Waals surface area (Å²) in [5, 5.41) is 13.0. The minimum atomic E-state index is -4.64. The molecule has 4 rings (SSSR count). The molecule has 0 fully saturated rings.